The summed E-state index contributed by atoms with van der Waals surface area (Å²) < 4.78 is 0. The van der Waals surface area contributed by atoms with Gasteiger partial charge in [-0.1, -0.05) is 164 Å². The molecule has 1 N–H and O–H groups in total. The molecule has 0 spiro atoms. The Kier molecular flexibility index (Phi) is 8.40. The van der Waals surface area contributed by atoms with Gasteiger partial charge in [-0.2, -0.15) is 0 Å². The van der Waals surface area contributed by atoms with E-state index in [9.17, 15) is 0 Å². The van der Waals surface area contributed by atoms with E-state index in [1.807, 2.05) is 0 Å². The van der Waals surface area contributed by atoms with Crippen LogP contribution in [0.2, 0.25) is 0 Å². The quantitative estimate of drug-likeness (QED) is 0.181. The van der Waals surface area contributed by atoms with Crippen molar-refractivity contribution in [2.75, 3.05) is 7.05 Å². The summed E-state index contributed by atoms with van der Waals surface area (Å²) in [7, 11) is 2.17. The molecular formula is C55H43N3. The summed E-state index contributed by atoms with van der Waals surface area (Å²) >= 11 is 0. The summed E-state index contributed by atoms with van der Waals surface area (Å²) in [5.74, 6) is 0.259. The van der Waals surface area contributed by atoms with E-state index in [1.54, 1.807) is 0 Å². The monoisotopic (exact) mass is 745 g/mol. The van der Waals surface area contributed by atoms with Crippen LogP contribution in [0.15, 0.2) is 199 Å². The molecule has 0 fully saturated rings. The number of allylic oxidation sites excluding steroid dienone is 5. The van der Waals surface area contributed by atoms with Crippen molar-refractivity contribution in [3.8, 4) is 33.4 Å². The highest BCUT2D eigenvalue weighted by Crippen LogP contribution is 2.45. The van der Waals surface area contributed by atoms with E-state index < -0.39 is 0 Å². The molecule has 11 rings (SSSR count). The van der Waals surface area contributed by atoms with Gasteiger partial charge in [0.05, 0.1) is 5.71 Å². The Hall–Kier alpha value is -6.97. The number of para-hydroxylation sites is 1. The lowest BCUT2D eigenvalue weighted by atomic mass is 9.75. The number of H-pyrrole nitrogens is 1. The average Bonchev–Trinajstić information content (AvgIpc) is 3.67. The second-order valence-corrected chi connectivity index (χ2v) is 15.9. The normalized spacial score (nSPS) is 17.4. The maximum atomic E-state index is 5.27. The van der Waals surface area contributed by atoms with Crippen molar-refractivity contribution in [1.29, 1.82) is 0 Å². The molecule has 2 atom stereocenters. The molecule has 3 heteroatoms. The third-order valence-corrected chi connectivity index (χ3v) is 12.5. The van der Waals surface area contributed by atoms with Crippen LogP contribution in [0.5, 0.6) is 0 Å². The zero-order valence-electron chi connectivity index (χ0n) is 32.6. The van der Waals surface area contributed by atoms with Crippen LogP contribution in [0, 0.1) is 0 Å². The van der Waals surface area contributed by atoms with E-state index in [0.29, 0.717) is 0 Å². The number of hydrogen-bond acceptors (Lipinski definition) is 2. The lowest BCUT2D eigenvalue weighted by molar-refractivity contribution is 0.364. The lowest BCUT2D eigenvalue weighted by Gasteiger charge is -2.34. The molecule has 0 amide bonds. The minimum atomic E-state index is -0.0903. The molecular weight excluding hydrogens is 703 g/mol. The van der Waals surface area contributed by atoms with Gasteiger partial charge in [-0.3, -0.25) is 4.99 Å². The summed E-state index contributed by atoms with van der Waals surface area (Å²) in [5, 5.41) is 2.53. The molecule has 278 valence electrons. The van der Waals surface area contributed by atoms with Crippen LogP contribution in [0.3, 0.4) is 0 Å². The number of aliphatic imine (C=N–C) groups is 1. The van der Waals surface area contributed by atoms with E-state index in [0.717, 1.165) is 25.0 Å². The van der Waals surface area contributed by atoms with E-state index in [2.05, 4.69) is 205 Å². The first kappa shape index (κ1) is 34.3. The molecule has 58 heavy (non-hydrogen) atoms. The van der Waals surface area contributed by atoms with Gasteiger partial charge >= 0.3 is 0 Å². The predicted octanol–water partition coefficient (Wildman–Crippen LogP) is 13.7. The zero-order chi connectivity index (χ0) is 38.6. The molecule has 2 heterocycles. The molecule has 0 radical (unpaired) electrons. The number of aromatic amines is 1. The molecule has 7 aromatic carbocycles. The van der Waals surface area contributed by atoms with Gasteiger partial charge in [-0.05, 0) is 110 Å². The molecule has 1 aromatic heterocycles. The van der Waals surface area contributed by atoms with Crippen LogP contribution in [0.4, 0.5) is 0 Å². The van der Waals surface area contributed by atoms with Gasteiger partial charge in [0.25, 0.3) is 0 Å². The number of aromatic nitrogens is 1. The predicted molar refractivity (Wildman–Crippen MR) is 243 cm³/mol. The van der Waals surface area contributed by atoms with Gasteiger partial charge in [0.2, 0.25) is 0 Å². The molecule has 2 aliphatic carbocycles. The summed E-state index contributed by atoms with van der Waals surface area (Å²) in [5.41, 5.74) is 20.0. The van der Waals surface area contributed by atoms with Crippen LogP contribution in [0.25, 0.3) is 60.9 Å². The van der Waals surface area contributed by atoms with Crippen molar-refractivity contribution < 1.29 is 0 Å². The van der Waals surface area contributed by atoms with Crippen molar-refractivity contribution in [2.24, 2.45) is 4.99 Å². The summed E-state index contributed by atoms with van der Waals surface area (Å²) in [6.07, 6.45) is 12.1. The third kappa shape index (κ3) is 6.02. The molecule has 3 aliphatic rings. The van der Waals surface area contributed by atoms with Gasteiger partial charge in [-0.25, -0.2) is 0 Å². The van der Waals surface area contributed by atoms with Crippen LogP contribution in [-0.4, -0.2) is 22.6 Å². The fourth-order valence-electron chi connectivity index (χ4n) is 9.46. The highest BCUT2D eigenvalue weighted by Gasteiger charge is 2.28. The molecule has 3 nitrogen and oxygen atoms in total. The highest BCUT2D eigenvalue weighted by atomic mass is 15.2. The van der Waals surface area contributed by atoms with Crippen molar-refractivity contribution in [3.63, 3.8) is 0 Å². The maximum absolute atomic E-state index is 5.27. The fourth-order valence-corrected chi connectivity index (χ4v) is 9.46. The number of rotatable bonds is 6. The number of benzene rings is 7. The lowest BCUT2D eigenvalue weighted by Crippen LogP contribution is -2.27. The Morgan fingerprint density at radius 3 is 2.17 bits per heavy atom. The number of nitrogens with zero attached hydrogens (tertiary/aromatic N) is 2. The molecule has 8 aromatic rings. The minimum absolute atomic E-state index is 0.0903. The van der Waals surface area contributed by atoms with E-state index in [-0.39, 0.29) is 12.1 Å². The Morgan fingerprint density at radius 2 is 1.29 bits per heavy atom. The first-order valence-corrected chi connectivity index (χ1v) is 20.5. The molecule has 0 saturated heterocycles. The van der Waals surface area contributed by atoms with Gasteiger partial charge in [0, 0.05) is 40.5 Å². The molecule has 0 saturated carbocycles. The Balaban J connectivity index is 0.915. The van der Waals surface area contributed by atoms with Gasteiger partial charge in [0.1, 0.15) is 6.17 Å². The summed E-state index contributed by atoms with van der Waals surface area (Å²) in [4.78, 5) is 11.2. The van der Waals surface area contributed by atoms with Crippen molar-refractivity contribution in [1.82, 2.24) is 9.88 Å². The summed E-state index contributed by atoms with van der Waals surface area (Å²) in [6, 6.07) is 60.5. The van der Waals surface area contributed by atoms with Crippen molar-refractivity contribution in [2.45, 2.75) is 31.3 Å². The number of nitrogens with one attached hydrogen (secondary N) is 1. The van der Waals surface area contributed by atoms with Crippen molar-refractivity contribution in [3.05, 3.63) is 221 Å². The van der Waals surface area contributed by atoms with Gasteiger partial charge < -0.3 is 9.88 Å². The van der Waals surface area contributed by atoms with Crippen LogP contribution < -0.4 is 0 Å². The van der Waals surface area contributed by atoms with E-state index in [1.165, 1.54) is 94.3 Å². The highest BCUT2D eigenvalue weighted by molar-refractivity contribution is 6.14. The Bertz CT molecular complexity index is 2990. The number of fused-ring (bicyclic) bond motifs is 6. The standard InChI is InChI=1S/C55H43N3/c1-58-54(35-53(37-13-4-2-5-14-37)57-55(58)39-15-6-3-7-16-39)38-25-23-36(24-26-38)41-27-29-45-44(32-41)34-49(47-20-9-8-19-46(45)47)43-18-12-17-40(31-43)42-28-30-52-50(33-42)48-21-10-11-22-51(48)56-52/h3-4,6-33,35,49,55-56H,2,5,34H2,1H3/t49-,55?/m1/s1. The van der Waals surface area contributed by atoms with Crippen molar-refractivity contribution >= 4 is 33.2 Å². The topological polar surface area (TPSA) is 31.4 Å². The van der Waals surface area contributed by atoms with Crippen LogP contribution in [-0.2, 0) is 6.42 Å². The second-order valence-electron chi connectivity index (χ2n) is 15.9. The second kappa shape index (κ2) is 14.2. The van der Waals surface area contributed by atoms with Crippen LogP contribution >= 0.6 is 0 Å². The summed E-state index contributed by atoms with van der Waals surface area (Å²) in [6.45, 7) is 0. The van der Waals surface area contributed by atoms with E-state index in [4.69, 9.17) is 4.99 Å². The van der Waals surface area contributed by atoms with Gasteiger partial charge in [0.15, 0.2) is 0 Å². The fraction of sp³-hybridized carbons (Fsp3) is 0.109. The van der Waals surface area contributed by atoms with Gasteiger partial charge in [-0.15, -0.1) is 0 Å². The zero-order valence-corrected chi connectivity index (χ0v) is 32.6. The Morgan fingerprint density at radius 1 is 0.569 bits per heavy atom. The maximum Gasteiger partial charge on any atom is 0.147 e. The third-order valence-electron chi connectivity index (χ3n) is 12.5. The first-order chi connectivity index (χ1) is 28.6. The SMILES string of the molecule is CN1C(c2ccc(-c3ccc4c(c3)C[C@H](c3cccc(-c5ccc6[nH]c7ccccc7c6c5)c3)c3ccccc3-4)cc2)=CC(C2=CCCC=C2)=NC1c1ccccc1. The molecule has 1 unspecified atom stereocenters. The molecule has 1 aliphatic heterocycles. The first-order valence-electron chi connectivity index (χ1n) is 20.5. The smallest absolute Gasteiger partial charge is 0.147 e. The largest absolute Gasteiger partial charge is 0.355 e. The molecule has 0 bridgehead atoms. The van der Waals surface area contributed by atoms with Crippen LogP contribution in [0.1, 0.15) is 52.7 Å². The van der Waals surface area contributed by atoms with E-state index >= 15 is 0 Å². The average molecular weight is 746 g/mol. The minimum Gasteiger partial charge on any atom is -0.355 e. The Labute approximate surface area is 340 Å². The number of hydrogen-bond donors (Lipinski definition) is 1.